The van der Waals surface area contributed by atoms with Gasteiger partial charge < -0.3 is 5.32 Å². The summed E-state index contributed by atoms with van der Waals surface area (Å²) >= 11 is 6.35. The Morgan fingerprint density at radius 3 is 2.65 bits per heavy atom. The first-order valence-electron chi connectivity index (χ1n) is 7.56. The average molecular weight is 328 g/mol. The average Bonchev–Trinajstić information content (AvgIpc) is 2.96. The van der Waals surface area contributed by atoms with Gasteiger partial charge in [0.25, 0.3) is 0 Å². The summed E-state index contributed by atoms with van der Waals surface area (Å²) < 4.78 is 15.1. The van der Waals surface area contributed by atoms with Crippen LogP contribution in [0.5, 0.6) is 0 Å². The number of benzene rings is 2. The van der Waals surface area contributed by atoms with Crippen LogP contribution in [0.3, 0.4) is 0 Å². The van der Waals surface area contributed by atoms with Crippen molar-refractivity contribution in [2.24, 2.45) is 0 Å². The van der Waals surface area contributed by atoms with Crippen LogP contribution in [-0.2, 0) is 13.0 Å². The molecule has 0 spiro atoms. The highest BCUT2D eigenvalue weighted by Crippen LogP contribution is 2.31. The highest BCUT2D eigenvalue weighted by molar-refractivity contribution is 6.32. The van der Waals surface area contributed by atoms with Gasteiger partial charge in [-0.2, -0.15) is 5.10 Å². The molecule has 0 fully saturated rings. The Bertz CT molecular complexity index is 855. The molecule has 1 aliphatic rings. The van der Waals surface area contributed by atoms with Crippen molar-refractivity contribution in [2.45, 2.75) is 13.0 Å². The second-order valence-corrected chi connectivity index (χ2v) is 5.98. The van der Waals surface area contributed by atoms with E-state index in [1.807, 2.05) is 28.9 Å². The molecular weight excluding hydrogens is 313 g/mol. The van der Waals surface area contributed by atoms with Gasteiger partial charge in [-0.1, -0.05) is 23.7 Å². The maximum Gasteiger partial charge on any atom is 0.123 e. The van der Waals surface area contributed by atoms with E-state index in [0.29, 0.717) is 5.02 Å². The summed E-state index contributed by atoms with van der Waals surface area (Å²) in [6.07, 6.45) is 0.884. The third kappa shape index (κ3) is 2.54. The van der Waals surface area contributed by atoms with Gasteiger partial charge in [0, 0.05) is 30.6 Å². The quantitative estimate of drug-likeness (QED) is 0.771. The summed E-state index contributed by atoms with van der Waals surface area (Å²) in [5, 5.41) is 8.84. The number of rotatable bonds is 2. The lowest BCUT2D eigenvalue weighted by Gasteiger charge is -2.16. The Balaban J connectivity index is 1.92. The summed E-state index contributed by atoms with van der Waals surface area (Å²) in [7, 11) is 0. The molecule has 0 radical (unpaired) electrons. The number of hydrogen-bond donors (Lipinski definition) is 1. The number of fused-ring (bicyclic) bond motifs is 1. The second kappa shape index (κ2) is 5.80. The second-order valence-electron chi connectivity index (χ2n) is 5.57. The monoisotopic (exact) mass is 327 g/mol. The van der Waals surface area contributed by atoms with Crippen molar-refractivity contribution in [3.05, 3.63) is 70.6 Å². The van der Waals surface area contributed by atoms with Crippen molar-refractivity contribution < 1.29 is 4.39 Å². The minimum Gasteiger partial charge on any atom is -0.312 e. The van der Waals surface area contributed by atoms with Crippen LogP contribution in [0.15, 0.2) is 48.5 Å². The fraction of sp³-hybridized carbons (Fsp3) is 0.167. The highest BCUT2D eigenvalue weighted by atomic mass is 35.5. The van der Waals surface area contributed by atoms with Gasteiger partial charge in [-0.3, -0.25) is 0 Å². The fourth-order valence-corrected chi connectivity index (χ4v) is 3.23. The van der Waals surface area contributed by atoms with Gasteiger partial charge in [-0.25, -0.2) is 9.07 Å². The molecule has 0 bridgehead atoms. The van der Waals surface area contributed by atoms with E-state index in [9.17, 15) is 4.39 Å². The molecule has 0 atom stereocenters. The van der Waals surface area contributed by atoms with Crippen molar-refractivity contribution in [3.63, 3.8) is 0 Å². The number of aromatic nitrogens is 2. The van der Waals surface area contributed by atoms with E-state index in [2.05, 4.69) is 5.32 Å². The molecule has 0 amide bonds. The normalized spacial score (nSPS) is 13.8. The first kappa shape index (κ1) is 14.4. The lowest BCUT2D eigenvalue weighted by molar-refractivity contribution is 0.623. The molecule has 0 saturated heterocycles. The van der Waals surface area contributed by atoms with E-state index in [-0.39, 0.29) is 5.82 Å². The molecule has 0 unspecified atom stereocenters. The summed E-state index contributed by atoms with van der Waals surface area (Å²) in [6.45, 7) is 1.67. The van der Waals surface area contributed by atoms with Crippen molar-refractivity contribution in [2.75, 3.05) is 6.54 Å². The summed E-state index contributed by atoms with van der Waals surface area (Å²) in [4.78, 5) is 0. The number of nitrogens with zero attached hydrogens (tertiary/aromatic N) is 2. The Kier molecular flexibility index (Phi) is 3.63. The largest absolute Gasteiger partial charge is 0.312 e. The molecular formula is C18H15ClFN3. The number of hydrogen-bond acceptors (Lipinski definition) is 2. The summed E-state index contributed by atoms with van der Waals surface area (Å²) in [6, 6.07) is 14.2. The molecule has 23 heavy (non-hydrogen) atoms. The lowest BCUT2D eigenvalue weighted by Crippen LogP contribution is -2.24. The minimum absolute atomic E-state index is 0.244. The van der Waals surface area contributed by atoms with Crippen LogP contribution >= 0.6 is 11.6 Å². The maximum absolute atomic E-state index is 13.2. The first-order valence-corrected chi connectivity index (χ1v) is 7.94. The van der Waals surface area contributed by atoms with E-state index in [1.54, 1.807) is 12.1 Å². The van der Waals surface area contributed by atoms with Crippen LogP contribution in [-0.4, -0.2) is 16.3 Å². The molecule has 1 aromatic heterocycles. The zero-order chi connectivity index (χ0) is 15.8. The Labute approximate surface area is 138 Å². The summed E-state index contributed by atoms with van der Waals surface area (Å²) in [5.41, 5.74) is 4.99. The van der Waals surface area contributed by atoms with Crippen molar-refractivity contribution in [1.29, 1.82) is 0 Å². The predicted molar refractivity (Wildman–Crippen MR) is 89.4 cm³/mol. The third-order valence-electron chi connectivity index (χ3n) is 4.13. The lowest BCUT2D eigenvalue weighted by atomic mass is 10.0. The zero-order valence-electron chi connectivity index (χ0n) is 12.4. The Morgan fingerprint density at radius 2 is 1.87 bits per heavy atom. The van der Waals surface area contributed by atoms with Gasteiger partial charge >= 0.3 is 0 Å². The molecule has 0 aliphatic carbocycles. The van der Waals surface area contributed by atoms with Crippen LogP contribution in [0, 0.1) is 5.82 Å². The first-order chi connectivity index (χ1) is 11.2. The van der Waals surface area contributed by atoms with E-state index >= 15 is 0 Å². The van der Waals surface area contributed by atoms with Crippen LogP contribution in [0.25, 0.3) is 16.9 Å². The van der Waals surface area contributed by atoms with Gasteiger partial charge in [-0.05, 0) is 36.4 Å². The molecule has 4 rings (SSSR count). The van der Waals surface area contributed by atoms with Gasteiger partial charge in [0.05, 0.1) is 22.1 Å². The van der Waals surface area contributed by atoms with Crippen molar-refractivity contribution in [3.8, 4) is 16.9 Å². The van der Waals surface area contributed by atoms with Gasteiger partial charge in [0.2, 0.25) is 0 Å². The molecule has 2 heterocycles. The summed E-state index contributed by atoms with van der Waals surface area (Å²) in [5.74, 6) is -0.244. The molecule has 0 saturated carbocycles. The molecule has 5 heteroatoms. The van der Waals surface area contributed by atoms with E-state index < -0.39 is 0 Å². The van der Waals surface area contributed by atoms with Gasteiger partial charge in [0.1, 0.15) is 5.82 Å². The standard InChI is InChI=1S/C18H15ClFN3/c19-15-3-1-2-4-17(15)23-16-9-10-21-11-14(16)18(22-23)12-5-7-13(20)8-6-12/h1-8,21H,9-11H2. The molecule has 2 aromatic carbocycles. The Morgan fingerprint density at radius 1 is 1.09 bits per heavy atom. The molecule has 1 aliphatic heterocycles. The minimum atomic E-state index is -0.244. The number of para-hydroxylation sites is 1. The molecule has 116 valence electrons. The van der Waals surface area contributed by atoms with Gasteiger partial charge in [0.15, 0.2) is 0 Å². The van der Waals surface area contributed by atoms with Gasteiger partial charge in [-0.15, -0.1) is 0 Å². The third-order valence-corrected chi connectivity index (χ3v) is 4.45. The van der Waals surface area contributed by atoms with E-state index in [1.165, 1.54) is 12.1 Å². The smallest absolute Gasteiger partial charge is 0.123 e. The van der Waals surface area contributed by atoms with Crippen molar-refractivity contribution >= 4 is 11.6 Å². The van der Waals surface area contributed by atoms with Crippen LogP contribution in [0.2, 0.25) is 5.02 Å². The topological polar surface area (TPSA) is 29.9 Å². The predicted octanol–water partition coefficient (Wildman–Crippen LogP) is 3.98. The van der Waals surface area contributed by atoms with Crippen molar-refractivity contribution in [1.82, 2.24) is 15.1 Å². The zero-order valence-corrected chi connectivity index (χ0v) is 13.1. The molecule has 3 nitrogen and oxygen atoms in total. The highest BCUT2D eigenvalue weighted by Gasteiger charge is 2.23. The molecule has 3 aromatic rings. The SMILES string of the molecule is Fc1ccc(-c2nn(-c3ccccc3Cl)c3c2CNCC3)cc1. The van der Waals surface area contributed by atoms with Crippen LogP contribution in [0.1, 0.15) is 11.3 Å². The van der Waals surface area contributed by atoms with E-state index in [0.717, 1.165) is 47.7 Å². The number of halogens is 2. The Hall–Kier alpha value is -2.17. The molecule has 1 N–H and O–H groups in total. The van der Waals surface area contributed by atoms with E-state index in [4.69, 9.17) is 16.7 Å². The van der Waals surface area contributed by atoms with Crippen LogP contribution < -0.4 is 5.32 Å². The number of nitrogens with one attached hydrogen (secondary N) is 1. The van der Waals surface area contributed by atoms with Crippen LogP contribution in [0.4, 0.5) is 4.39 Å². The fourth-order valence-electron chi connectivity index (χ4n) is 3.01. The maximum atomic E-state index is 13.2.